The number of hydrogen-bond donors (Lipinski definition) is 0. The summed E-state index contributed by atoms with van der Waals surface area (Å²) < 4.78 is 5.04. The van der Waals surface area contributed by atoms with E-state index in [9.17, 15) is 9.59 Å². The van der Waals surface area contributed by atoms with Crippen LogP contribution in [0.25, 0.3) is 0 Å². The van der Waals surface area contributed by atoms with Crippen LogP contribution in [0.5, 0.6) is 0 Å². The van der Waals surface area contributed by atoms with E-state index in [1.54, 1.807) is 0 Å². The van der Waals surface area contributed by atoms with E-state index in [2.05, 4.69) is 0 Å². The lowest BCUT2D eigenvalue weighted by Gasteiger charge is -2.20. The van der Waals surface area contributed by atoms with Gasteiger partial charge in [-0.2, -0.15) is 5.26 Å². The number of rotatable bonds is 3. The maximum atomic E-state index is 11.2. The zero-order valence-corrected chi connectivity index (χ0v) is 8.21. The maximum Gasteiger partial charge on any atom is 0.314 e. The molecule has 0 radical (unpaired) electrons. The molecule has 0 N–H and O–H groups in total. The van der Waals surface area contributed by atoms with Crippen molar-refractivity contribution in [1.82, 2.24) is 0 Å². The Morgan fingerprint density at radius 1 is 1.43 bits per heavy atom. The Labute approximate surface area is 82.8 Å². The maximum absolute atomic E-state index is 11.2. The largest absolute Gasteiger partial charge is 0.443 e. The number of ketones is 1. The third-order valence-corrected chi connectivity index (χ3v) is 2.32. The topological polar surface area (TPSA) is 67.2 Å². The molecule has 0 spiro atoms. The van der Waals surface area contributed by atoms with Crippen LogP contribution in [0.4, 0.5) is 0 Å². The molecule has 0 unspecified atom stereocenters. The zero-order valence-electron chi connectivity index (χ0n) is 8.21. The first-order valence-corrected chi connectivity index (χ1v) is 4.70. The Hall–Kier alpha value is -1.37. The van der Waals surface area contributed by atoms with Crippen molar-refractivity contribution < 1.29 is 14.3 Å². The monoisotopic (exact) mass is 195 g/mol. The number of carbonyl (C=O) groups excluding carboxylic acids is 2. The minimum Gasteiger partial charge on any atom is -0.443 e. The van der Waals surface area contributed by atoms with Crippen molar-refractivity contribution in [2.45, 2.75) is 44.6 Å². The van der Waals surface area contributed by atoms with E-state index < -0.39 is 11.6 Å². The second kappa shape index (κ2) is 4.23. The highest BCUT2D eigenvalue weighted by atomic mass is 16.6. The van der Waals surface area contributed by atoms with Gasteiger partial charge in [-0.1, -0.05) is 0 Å². The molecule has 0 saturated heterocycles. The average Bonchev–Trinajstić information content (AvgIpc) is 2.52. The highest BCUT2D eigenvalue weighted by Crippen LogP contribution is 2.32. The predicted octanol–water partition coefficient (Wildman–Crippen LogP) is 1.35. The van der Waals surface area contributed by atoms with Crippen LogP contribution < -0.4 is 0 Å². The first kappa shape index (κ1) is 10.7. The lowest BCUT2D eigenvalue weighted by molar-refractivity contribution is -0.155. The second-order valence-electron chi connectivity index (χ2n) is 3.67. The first-order valence-electron chi connectivity index (χ1n) is 4.70. The molecule has 0 bridgehead atoms. The first-order chi connectivity index (χ1) is 6.58. The Bertz CT molecular complexity index is 284. The van der Waals surface area contributed by atoms with Crippen molar-refractivity contribution in [1.29, 1.82) is 5.26 Å². The van der Waals surface area contributed by atoms with Gasteiger partial charge in [-0.15, -0.1) is 0 Å². The molecular formula is C10H13NO3. The number of nitriles is 1. The summed E-state index contributed by atoms with van der Waals surface area (Å²) in [5, 5.41) is 8.89. The number of Topliss-reactive ketones (excluding diaryl/α,β-unsaturated/α-hetero) is 1. The van der Waals surface area contributed by atoms with Crippen molar-refractivity contribution in [2.75, 3.05) is 0 Å². The van der Waals surface area contributed by atoms with Crippen molar-refractivity contribution in [3.63, 3.8) is 0 Å². The molecule has 4 nitrogen and oxygen atoms in total. The molecule has 0 aromatic carbocycles. The van der Waals surface area contributed by atoms with Crippen LogP contribution in [-0.2, 0) is 14.3 Å². The SMILES string of the molecule is CC(=O)CC(=O)OC1(C#N)CCCC1. The molecule has 14 heavy (non-hydrogen) atoms. The highest BCUT2D eigenvalue weighted by molar-refractivity contribution is 5.94. The van der Waals surface area contributed by atoms with E-state index in [0.717, 1.165) is 12.8 Å². The molecule has 1 rings (SSSR count). The van der Waals surface area contributed by atoms with E-state index in [1.807, 2.05) is 6.07 Å². The molecule has 0 aliphatic heterocycles. The summed E-state index contributed by atoms with van der Waals surface area (Å²) in [7, 11) is 0. The van der Waals surface area contributed by atoms with Crippen molar-refractivity contribution in [3.8, 4) is 6.07 Å². The zero-order chi connectivity index (χ0) is 10.6. The van der Waals surface area contributed by atoms with Crippen LogP contribution in [0.3, 0.4) is 0 Å². The Kier molecular flexibility index (Phi) is 3.23. The van der Waals surface area contributed by atoms with Crippen LogP contribution in [0.2, 0.25) is 0 Å². The number of nitrogens with zero attached hydrogens (tertiary/aromatic N) is 1. The summed E-state index contributed by atoms with van der Waals surface area (Å²) in [6.07, 6.45) is 2.76. The smallest absolute Gasteiger partial charge is 0.314 e. The fraction of sp³-hybridized carbons (Fsp3) is 0.700. The predicted molar refractivity (Wildman–Crippen MR) is 48.2 cm³/mol. The summed E-state index contributed by atoms with van der Waals surface area (Å²) in [5.41, 5.74) is -0.952. The summed E-state index contributed by atoms with van der Waals surface area (Å²) >= 11 is 0. The van der Waals surface area contributed by atoms with E-state index in [0.29, 0.717) is 12.8 Å². The summed E-state index contributed by atoms with van der Waals surface area (Å²) in [5.74, 6) is -0.818. The highest BCUT2D eigenvalue weighted by Gasteiger charge is 2.37. The van der Waals surface area contributed by atoms with E-state index in [-0.39, 0.29) is 12.2 Å². The fourth-order valence-corrected chi connectivity index (χ4v) is 1.64. The normalized spacial score (nSPS) is 18.6. The van der Waals surface area contributed by atoms with Crippen LogP contribution in [0.1, 0.15) is 39.0 Å². The summed E-state index contributed by atoms with van der Waals surface area (Å²) in [6.45, 7) is 1.33. The van der Waals surface area contributed by atoms with Gasteiger partial charge in [-0.05, 0) is 19.8 Å². The Balaban J connectivity index is 2.53. The quantitative estimate of drug-likeness (QED) is 0.503. The van der Waals surface area contributed by atoms with Crippen LogP contribution in [0, 0.1) is 11.3 Å². The molecule has 0 atom stereocenters. The molecule has 1 aliphatic rings. The molecule has 1 fully saturated rings. The molecule has 0 heterocycles. The van der Waals surface area contributed by atoms with Gasteiger partial charge in [0.05, 0.1) is 0 Å². The molecular weight excluding hydrogens is 182 g/mol. The van der Waals surface area contributed by atoms with Crippen LogP contribution >= 0.6 is 0 Å². The molecule has 4 heteroatoms. The molecule has 0 aromatic rings. The molecule has 1 aliphatic carbocycles. The van der Waals surface area contributed by atoms with Gasteiger partial charge in [-0.25, -0.2) is 0 Å². The lowest BCUT2D eigenvalue weighted by Crippen LogP contribution is -2.30. The number of carbonyl (C=O) groups is 2. The van der Waals surface area contributed by atoms with Gasteiger partial charge in [0.25, 0.3) is 0 Å². The third-order valence-electron chi connectivity index (χ3n) is 2.32. The second-order valence-corrected chi connectivity index (χ2v) is 3.67. The van der Waals surface area contributed by atoms with Gasteiger partial charge < -0.3 is 4.74 Å². The minimum atomic E-state index is -0.952. The van der Waals surface area contributed by atoms with Gasteiger partial charge in [0.1, 0.15) is 18.3 Å². The fourth-order valence-electron chi connectivity index (χ4n) is 1.64. The van der Waals surface area contributed by atoms with Gasteiger partial charge in [-0.3, -0.25) is 9.59 Å². The summed E-state index contributed by atoms with van der Waals surface area (Å²) in [4.78, 5) is 21.8. The molecule has 1 saturated carbocycles. The minimum absolute atomic E-state index is 0.233. The van der Waals surface area contributed by atoms with Gasteiger partial charge >= 0.3 is 5.97 Å². The van der Waals surface area contributed by atoms with Crippen LogP contribution in [-0.4, -0.2) is 17.4 Å². The van der Waals surface area contributed by atoms with Crippen molar-refractivity contribution in [3.05, 3.63) is 0 Å². The third kappa shape index (κ3) is 2.56. The number of ether oxygens (including phenoxy) is 1. The van der Waals surface area contributed by atoms with Gasteiger partial charge in [0.2, 0.25) is 0 Å². The van der Waals surface area contributed by atoms with E-state index >= 15 is 0 Å². The molecule has 76 valence electrons. The lowest BCUT2D eigenvalue weighted by atomic mass is 10.0. The number of hydrogen-bond acceptors (Lipinski definition) is 4. The number of esters is 1. The summed E-state index contributed by atoms with van der Waals surface area (Å²) in [6, 6.07) is 2.03. The van der Waals surface area contributed by atoms with Gasteiger partial charge in [0, 0.05) is 12.8 Å². The standard InChI is InChI=1S/C10H13NO3/c1-8(12)6-9(13)14-10(7-11)4-2-3-5-10/h2-6H2,1H3. The molecule has 0 amide bonds. The van der Waals surface area contributed by atoms with Crippen molar-refractivity contribution >= 4 is 11.8 Å². The Morgan fingerprint density at radius 3 is 2.43 bits per heavy atom. The van der Waals surface area contributed by atoms with E-state index in [4.69, 9.17) is 10.00 Å². The molecule has 0 aromatic heterocycles. The van der Waals surface area contributed by atoms with Crippen LogP contribution in [0.15, 0.2) is 0 Å². The van der Waals surface area contributed by atoms with Crippen molar-refractivity contribution in [2.24, 2.45) is 0 Å². The average molecular weight is 195 g/mol. The van der Waals surface area contributed by atoms with Gasteiger partial charge in [0.15, 0.2) is 5.60 Å². The van der Waals surface area contributed by atoms with E-state index in [1.165, 1.54) is 6.92 Å². The Morgan fingerprint density at radius 2 is 2.00 bits per heavy atom.